The van der Waals surface area contributed by atoms with Gasteiger partial charge in [-0.1, -0.05) is 15.9 Å². The summed E-state index contributed by atoms with van der Waals surface area (Å²) in [6.45, 7) is 2.69. The molecule has 0 unspecified atom stereocenters. The Morgan fingerprint density at radius 2 is 2.21 bits per heavy atom. The molecule has 2 rings (SSSR count). The standard InChI is InChI=1S/C11H11BrO2/c1-7-5-8-9(12)3-4-10(13-2)11(8)14-6-7/h3-5H,6H2,1-2H3. The summed E-state index contributed by atoms with van der Waals surface area (Å²) in [6.07, 6.45) is 2.12. The second-order valence-electron chi connectivity index (χ2n) is 3.27. The average Bonchev–Trinajstić information content (AvgIpc) is 2.19. The summed E-state index contributed by atoms with van der Waals surface area (Å²) in [5.41, 5.74) is 2.28. The van der Waals surface area contributed by atoms with Crippen molar-refractivity contribution in [2.45, 2.75) is 6.92 Å². The molecule has 0 fully saturated rings. The molecular weight excluding hydrogens is 244 g/mol. The molecule has 1 aliphatic heterocycles. The molecule has 1 aromatic carbocycles. The minimum absolute atomic E-state index is 0.639. The molecule has 0 radical (unpaired) electrons. The zero-order chi connectivity index (χ0) is 10.1. The van der Waals surface area contributed by atoms with E-state index < -0.39 is 0 Å². The largest absolute Gasteiger partial charge is 0.493 e. The lowest BCUT2D eigenvalue weighted by molar-refractivity contribution is 0.315. The molecule has 0 aromatic heterocycles. The monoisotopic (exact) mass is 254 g/mol. The van der Waals surface area contributed by atoms with Gasteiger partial charge in [0.1, 0.15) is 6.61 Å². The van der Waals surface area contributed by atoms with Crippen LogP contribution in [0, 0.1) is 0 Å². The Kier molecular flexibility index (Phi) is 2.50. The van der Waals surface area contributed by atoms with Gasteiger partial charge < -0.3 is 9.47 Å². The SMILES string of the molecule is COc1ccc(Br)c2c1OCC(C)=C2. The summed E-state index contributed by atoms with van der Waals surface area (Å²) in [7, 11) is 1.65. The third-order valence-corrected chi connectivity index (χ3v) is 2.85. The van der Waals surface area contributed by atoms with Gasteiger partial charge in [-0.2, -0.15) is 0 Å². The Balaban J connectivity index is 2.61. The van der Waals surface area contributed by atoms with E-state index in [2.05, 4.69) is 28.9 Å². The molecule has 0 saturated heterocycles. The van der Waals surface area contributed by atoms with E-state index in [1.165, 1.54) is 5.57 Å². The maximum atomic E-state index is 5.62. The molecule has 0 N–H and O–H groups in total. The van der Waals surface area contributed by atoms with Gasteiger partial charge in [0.05, 0.1) is 7.11 Å². The fourth-order valence-electron chi connectivity index (χ4n) is 1.47. The van der Waals surface area contributed by atoms with Crippen LogP contribution in [-0.2, 0) is 0 Å². The van der Waals surface area contributed by atoms with Crippen LogP contribution in [0.4, 0.5) is 0 Å². The highest BCUT2D eigenvalue weighted by Crippen LogP contribution is 2.39. The fraction of sp³-hybridized carbons (Fsp3) is 0.273. The van der Waals surface area contributed by atoms with Crippen molar-refractivity contribution in [3.05, 3.63) is 27.7 Å². The first kappa shape index (κ1) is 9.59. The molecule has 0 saturated carbocycles. The minimum atomic E-state index is 0.639. The molecule has 1 aliphatic rings. The van der Waals surface area contributed by atoms with Gasteiger partial charge in [0.2, 0.25) is 0 Å². The predicted molar refractivity (Wildman–Crippen MR) is 59.8 cm³/mol. The second kappa shape index (κ2) is 3.65. The first-order chi connectivity index (χ1) is 6.72. The van der Waals surface area contributed by atoms with E-state index in [1.807, 2.05) is 12.1 Å². The lowest BCUT2D eigenvalue weighted by Gasteiger charge is -2.19. The maximum Gasteiger partial charge on any atom is 0.169 e. The van der Waals surface area contributed by atoms with Gasteiger partial charge in [0.25, 0.3) is 0 Å². The number of hydrogen-bond donors (Lipinski definition) is 0. The molecule has 1 aromatic rings. The summed E-state index contributed by atoms with van der Waals surface area (Å²) in [5, 5.41) is 0. The van der Waals surface area contributed by atoms with E-state index in [9.17, 15) is 0 Å². The Morgan fingerprint density at radius 3 is 2.93 bits per heavy atom. The number of fused-ring (bicyclic) bond motifs is 1. The molecule has 74 valence electrons. The highest BCUT2D eigenvalue weighted by molar-refractivity contribution is 9.10. The van der Waals surface area contributed by atoms with Crippen LogP contribution in [0.25, 0.3) is 6.08 Å². The van der Waals surface area contributed by atoms with Gasteiger partial charge in [-0.3, -0.25) is 0 Å². The van der Waals surface area contributed by atoms with E-state index in [-0.39, 0.29) is 0 Å². The summed E-state index contributed by atoms with van der Waals surface area (Å²) in [4.78, 5) is 0. The molecule has 0 aliphatic carbocycles. The van der Waals surface area contributed by atoms with Crippen molar-refractivity contribution in [1.29, 1.82) is 0 Å². The van der Waals surface area contributed by atoms with Crippen LogP contribution in [-0.4, -0.2) is 13.7 Å². The zero-order valence-electron chi connectivity index (χ0n) is 8.13. The van der Waals surface area contributed by atoms with Crippen LogP contribution in [0.3, 0.4) is 0 Å². The van der Waals surface area contributed by atoms with Crippen molar-refractivity contribution in [2.24, 2.45) is 0 Å². The van der Waals surface area contributed by atoms with E-state index in [0.717, 1.165) is 21.5 Å². The third-order valence-electron chi connectivity index (χ3n) is 2.16. The Morgan fingerprint density at radius 1 is 1.43 bits per heavy atom. The molecule has 1 heterocycles. The highest BCUT2D eigenvalue weighted by Gasteiger charge is 2.16. The van der Waals surface area contributed by atoms with Gasteiger partial charge in [-0.25, -0.2) is 0 Å². The van der Waals surface area contributed by atoms with E-state index >= 15 is 0 Å². The summed E-state index contributed by atoms with van der Waals surface area (Å²) in [5.74, 6) is 1.61. The van der Waals surface area contributed by atoms with E-state index in [1.54, 1.807) is 7.11 Å². The van der Waals surface area contributed by atoms with Gasteiger partial charge in [0, 0.05) is 10.0 Å². The molecule has 0 spiro atoms. The molecular formula is C11H11BrO2. The molecule has 0 amide bonds. The summed E-state index contributed by atoms with van der Waals surface area (Å²) in [6, 6.07) is 3.87. The maximum absolute atomic E-state index is 5.62. The molecule has 0 bridgehead atoms. The molecule has 3 heteroatoms. The van der Waals surface area contributed by atoms with Crippen molar-refractivity contribution in [3.8, 4) is 11.5 Å². The number of benzene rings is 1. The van der Waals surface area contributed by atoms with E-state index in [4.69, 9.17) is 9.47 Å². The summed E-state index contributed by atoms with van der Waals surface area (Å²) < 4.78 is 11.9. The minimum Gasteiger partial charge on any atom is -0.493 e. The van der Waals surface area contributed by atoms with Crippen LogP contribution in [0.5, 0.6) is 11.5 Å². The van der Waals surface area contributed by atoms with Gasteiger partial charge >= 0.3 is 0 Å². The Bertz CT molecular complexity index is 397. The van der Waals surface area contributed by atoms with Crippen LogP contribution >= 0.6 is 15.9 Å². The topological polar surface area (TPSA) is 18.5 Å². The number of hydrogen-bond acceptors (Lipinski definition) is 2. The lowest BCUT2D eigenvalue weighted by Crippen LogP contribution is -2.06. The zero-order valence-corrected chi connectivity index (χ0v) is 9.72. The van der Waals surface area contributed by atoms with Crippen molar-refractivity contribution < 1.29 is 9.47 Å². The fourth-order valence-corrected chi connectivity index (χ4v) is 1.90. The van der Waals surface area contributed by atoms with Crippen LogP contribution in [0.1, 0.15) is 12.5 Å². The summed E-state index contributed by atoms with van der Waals surface area (Å²) >= 11 is 3.49. The van der Waals surface area contributed by atoms with Crippen molar-refractivity contribution in [1.82, 2.24) is 0 Å². The van der Waals surface area contributed by atoms with Gasteiger partial charge in [-0.15, -0.1) is 0 Å². The van der Waals surface area contributed by atoms with Crippen molar-refractivity contribution in [3.63, 3.8) is 0 Å². The van der Waals surface area contributed by atoms with Gasteiger partial charge in [0.15, 0.2) is 11.5 Å². The first-order valence-corrected chi connectivity index (χ1v) is 5.18. The predicted octanol–water partition coefficient (Wildman–Crippen LogP) is 3.25. The highest BCUT2D eigenvalue weighted by atomic mass is 79.9. The van der Waals surface area contributed by atoms with Crippen LogP contribution in [0.2, 0.25) is 0 Å². The van der Waals surface area contributed by atoms with Crippen LogP contribution < -0.4 is 9.47 Å². The van der Waals surface area contributed by atoms with Gasteiger partial charge in [-0.05, 0) is 30.7 Å². The molecule has 2 nitrogen and oxygen atoms in total. The van der Waals surface area contributed by atoms with Crippen LogP contribution in [0.15, 0.2) is 22.2 Å². The lowest BCUT2D eigenvalue weighted by atomic mass is 10.1. The Hall–Kier alpha value is -0.960. The smallest absolute Gasteiger partial charge is 0.169 e. The number of methoxy groups -OCH3 is 1. The quantitative estimate of drug-likeness (QED) is 0.766. The van der Waals surface area contributed by atoms with E-state index in [0.29, 0.717) is 6.61 Å². The molecule has 0 atom stereocenters. The van der Waals surface area contributed by atoms with Crippen molar-refractivity contribution >= 4 is 22.0 Å². The number of rotatable bonds is 1. The van der Waals surface area contributed by atoms with Crippen molar-refractivity contribution in [2.75, 3.05) is 13.7 Å². The average molecular weight is 255 g/mol. The number of halogens is 1. The first-order valence-electron chi connectivity index (χ1n) is 4.39. The normalized spacial score (nSPS) is 14.1. The number of ether oxygens (including phenoxy) is 2. The second-order valence-corrected chi connectivity index (χ2v) is 4.13. The molecule has 14 heavy (non-hydrogen) atoms. The third kappa shape index (κ3) is 1.52. The Labute approximate surface area is 91.7 Å².